The number of aliphatic hydroxyl groups is 1. The van der Waals surface area contributed by atoms with Crippen molar-refractivity contribution in [2.75, 3.05) is 26.0 Å². The topological polar surface area (TPSA) is 94.5 Å². The number of thioether (sulfide) groups is 1. The van der Waals surface area contributed by atoms with Crippen LogP contribution in [0.4, 0.5) is 4.79 Å². The normalized spacial score (nSPS) is 22.2. The molecule has 9 heteroatoms. The summed E-state index contributed by atoms with van der Waals surface area (Å²) in [5.74, 6) is 1.16. The Labute approximate surface area is 175 Å². The standard InChI is InChI=1S/C20H28N4O4S/c1-3-4-8-11-29-20-21-17-16(18(26)22-19(27)23(17)2)24(20)12-14(25)13-28-15-9-6-5-7-10-15/h5-7,9-10,14,16-17,25H,3-4,8,11-13H2,1-2H3,(H,22,26,27). The SMILES string of the molecule is CCCCCSC1=NC2C(C(=O)NC(=O)N2C)N1CC(O)COc1ccccc1. The largest absolute Gasteiger partial charge is 0.491 e. The van der Waals surface area contributed by atoms with Crippen molar-refractivity contribution in [1.82, 2.24) is 15.1 Å². The van der Waals surface area contributed by atoms with Gasteiger partial charge in [-0.3, -0.25) is 10.1 Å². The molecule has 0 saturated carbocycles. The molecule has 158 valence electrons. The quantitative estimate of drug-likeness (QED) is 0.593. The van der Waals surface area contributed by atoms with Gasteiger partial charge < -0.3 is 19.6 Å². The van der Waals surface area contributed by atoms with Crippen LogP contribution in [0.15, 0.2) is 35.3 Å². The zero-order chi connectivity index (χ0) is 20.8. The van der Waals surface area contributed by atoms with E-state index in [2.05, 4.69) is 17.2 Å². The highest BCUT2D eigenvalue weighted by atomic mass is 32.2. The fourth-order valence-corrected chi connectivity index (χ4v) is 4.38. The Kier molecular flexibility index (Phi) is 7.38. The third kappa shape index (κ3) is 5.22. The van der Waals surface area contributed by atoms with E-state index in [9.17, 15) is 14.7 Å². The number of fused-ring (bicyclic) bond motifs is 1. The van der Waals surface area contributed by atoms with E-state index in [0.29, 0.717) is 10.9 Å². The lowest BCUT2D eigenvalue weighted by atomic mass is 10.1. The number of unbranched alkanes of at least 4 members (excludes halogenated alkanes) is 2. The number of amidine groups is 1. The van der Waals surface area contributed by atoms with Crippen LogP contribution in [0, 0.1) is 0 Å². The molecule has 1 fully saturated rings. The number of para-hydroxylation sites is 1. The first-order valence-corrected chi connectivity index (χ1v) is 10.9. The maximum Gasteiger partial charge on any atom is 0.325 e. The Morgan fingerprint density at radius 2 is 2.03 bits per heavy atom. The van der Waals surface area contributed by atoms with Gasteiger partial charge in [0, 0.05) is 12.8 Å². The first-order valence-electron chi connectivity index (χ1n) is 9.92. The molecule has 1 aromatic carbocycles. The van der Waals surface area contributed by atoms with Gasteiger partial charge in [-0.1, -0.05) is 49.7 Å². The predicted octanol–water partition coefficient (Wildman–Crippen LogP) is 1.90. The second-order valence-electron chi connectivity index (χ2n) is 7.16. The molecule has 8 nitrogen and oxygen atoms in total. The lowest BCUT2D eigenvalue weighted by Crippen LogP contribution is -2.64. The van der Waals surface area contributed by atoms with Crippen LogP contribution in [-0.2, 0) is 4.79 Å². The van der Waals surface area contributed by atoms with Crippen LogP contribution in [0.25, 0.3) is 0 Å². The zero-order valence-electron chi connectivity index (χ0n) is 16.8. The van der Waals surface area contributed by atoms with Crippen molar-refractivity contribution in [3.63, 3.8) is 0 Å². The van der Waals surface area contributed by atoms with Gasteiger partial charge in [-0.2, -0.15) is 0 Å². The molecular weight excluding hydrogens is 392 g/mol. The first kappa shape index (κ1) is 21.4. The average molecular weight is 421 g/mol. The number of urea groups is 1. The minimum absolute atomic E-state index is 0.0993. The van der Waals surface area contributed by atoms with Gasteiger partial charge in [0.2, 0.25) is 0 Å². The van der Waals surface area contributed by atoms with E-state index < -0.39 is 24.3 Å². The van der Waals surface area contributed by atoms with Gasteiger partial charge in [0.25, 0.3) is 5.91 Å². The number of aliphatic imine (C=N–C) groups is 1. The second-order valence-corrected chi connectivity index (χ2v) is 8.22. The number of hydrogen-bond acceptors (Lipinski definition) is 7. The van der Waals surface area contributed by atoms with Crippen molar-refractivity contribution in [3.8, 4) is 5.75 Å². The molecule has 2 N–H and O–H groups in total. The molecule has 0 aliphatic carbocycles. The van der Waals surface area contributed by atoms with Crippen LogP contribution >= 0.6 is 11.8 Å². The van der Waals surface area contributed by atoms with Crippen LogP contribution in [-0.4, -0.2) is 76.3 Å². The summed E-state index contributed by atoms with van der Waals surface area (Å²) in [5.41, 5.74) is 0. The molecule has 3 atom stereocenters. The summed E-state index contributed by atoms with van der Waals surface area (Å²) in [6.07, 6.45) is 1.90. The molecule has 2 aliphatic heterocycles. The van der Waals surface area contributed by atoms with Gasteiger partial charge in [-0.05, 0) is 18.6 Å². The first-order chi connectivity index (χ1) is 14.0. The molecule has 0 spiro atoms. The van der Waals surface area contributed by atoms with E-state index in [1.54, 1.807) is 23.7 Å². The Balaban J connectivity index is 1.67. The molecule has 2 heterocycles. The van der Waals surface area contributed by atoms with Crippen LogP contribution in [0.3, 0.4) is 0 Å². The molecule has 2 aliphatic rings. The van der Waals surface area contributed by atoms with Crippen molar-refractivity contribution < 1.29 is 19.4 Å². The maximum atomic E-state index is 12.5. The number of likely N-dealkylation sites (N-methyl/N-ethyl adjacent to an activating group) is 1. The molecule has 0 aromatic heterocycles. The molecule has 0 bridgehead atoms. The number of carbonyl (C=O) groups excluding carboxylic acids is 2. The minimum Gasteiger partial charge on any atom is -0.491 e. The monoisotopic (exact) mass is 420 g/mol. The van der Waals surface area contributed by atoms with Crippen molar-refractivity contribution >= 4 is 28.9 Å². The highest BCUT2D eigenvalue weighted by molar-refractivity contribution is 8.13. The van der Waals surface area contributed by atoms with Crippen LogP contribution < -0.4 is 10.1 Å². The van der Waals surface area contributed by atoms with Gasteiger partial charge in [-0.15, -0.1) is 0 Å². The number of aliphatic hydroxyl groups excluding tert-OH is 1. The number of amides is 3. The molecule has 3 unspecified atom stereocenters. The summed E-state index contributed by atoms with van der Waals surface area (Å²) in [4.78, 5) is 32.4. The molecule has 1 saturated heterocycles. The van der Waals surface area contributed by atoms with Crippen molar-refractivity contribution in [2.24, 2.45) is 4.99 Å². The van der Waals surface area contributed by atoms with Gasteiger partial charge in [0.05, 0.1) is 6.54 Å². The van der Waals surface area contributed by atoms with Gasteiger partial charge in [0.1, 0.15) is 18.5 Å². The highest BCUT2D eigenvalue weighted by Crippen LogP contribution is 2.29. The van der Waals surface area contributed by atoms with Gasteiger partial charge in [-0.25, -0.2) is 9.79 Å². The van der Waals surface area contributed by atoms with Gasteiger partial charge in [0.15, 0.2) is 17.4 Å². The third-order valence-corrected chi connectivity index (χ3v) is 5.99. The number of carbonyl (C=O) groups is 2. The molecule has 1 aromatic rings. The highest BCUT2D eigenvalue weighted by Gasteiger charge is 2.48. The number of rotatable bonds is 9. The zero-order valence-corrected chi connectivity index (χ0v) is 17.6. The van der Waals surface area contributed by atoms with E-state index in [0.717, 1.165) is 25.0 Å². The average Bonchev–Trinajstić information content (AvgIpc) is 3.07. The Morgan fingerprint density at radius 3 is 2.76 bits per heavy atom. The number of nitrogens with one attached hydrogen (secondary N) is 1. The van der Waals surface area contributed by atoms with E-state index in [1.165, 1.54) is 4.90 Å². The number of β-amino-alcohol motifs (C(OH)–C–C–N with tert-alkyl or cyclic N) is 1. The number of benzene rings is 1. The molecule has 29 heavy (non-hydrogen) atoms. The number of nitrogens with zero attached hydrogens (tertiary/aromatic N) is 3. The van der Waals surface area contributed by atoms with E-state index in [1.807, 2.05) is 30.3 Å². The second kappa shape index (κ2) is 9.98. The maximum absolute atomic E-state index is 12.5. The van der Waals surface area contributed by atoms with Crippen molar-refractivity contribution in [1.29, 1.82) is 0 Å². The lowest BCUT2D eigenvalue weighted by Gasteiger charge is -2.36. The van der Waals surface area contributed by atoms with Crippen LogP contribution in [0.5, 0.6) is 5.75 Å². The molecule has 3 rings (SSSR count). The number of hydrogen-bond donors (Lipinski definition) is 2. The summed E-state index contributed by atoms with van der Waals surface area (Å²) in [7, 11) is 1.63. The summed E-state index contributed by atoms with van der Waals surface area (Å²) in [5, 5.41) is 13.6. The van der Waals surface area contributed by atoms with E-state index in [-0.39, 0.29) is 19.1 Å². The summed E-state index contributed by atoms with van der Waals surface area (Å²) >= 11 is 1.57. The van der Waals surface area contributed by atoms with Crippen LogP contribution in [0.1, 0.15) is 26.2 Å². The van der Waals surface area contributed by atoms with Gasteiger partial charge >= 0.3 is 6.03 Å². The number of ether oxygens (including phenoxy) is 1. The smallest absolute Gasteiger partial charge is 0.325 e. The minimum atomic E-state index is -0.814. The fraction of sp³-hybridized carbons (Fsp3) is 0.550. The van der Waals surface area contributed by atoms with Crippen LogP contribution in [0.2, 0.25) is 0 Å². The fourth-order valence-electron chi connectivity index (χ4n) is 3.32. The molecule has 0 radical (unpaired) electrons. The summed E-state index contributed by atoms with van der Waals surface area (Å²) in [6.45, 7) is 2.44. The summed E-state index contributed by atoms with van der Waals surface area (Å²) in [6, 6.07) is 8.18. The number of imide groups is 1. The Morgan fingerprint density at radius 1 is 1.28 bits per heavy atom. The van der Waals surface area contributed by atoms with Crippen molar-refractivity contribution in [2.45, 2.75) is 44.5 Å². The molecular formula is C20H28N4O4S. The van der Waals surface area contributed by atoms with E-state index >= 15 is 0 Å². The van der Waals surface area contributed by atoms with Crippen molar-refractivity contribution in [3.05, 3.63) is 30.3 Å². The Hall–Kier alpha value is -2.26. The van der Waals surface area contributed by atoms with E-state index in [4.69, 9.17) is 4.74 Å². The summed E-state index contributed by atoms with van der Waals surface area (Å²) < 4.78 is 5.64. The molecule has 3 amide bonds. The third-order valence-electron chi connectivity index (χ3n) is 4.89. The lowest BCUT2D eigenvalue weighted by molar-refractivity contribution is -0.127. The predicted molar refractivity (Wildman–Crippen MR) is 113 cm³/mol. The Bertz CT molecular complexity index is 745.